The molecule has 2 rings (SSSR count). The van der Waals surface area contributed by atoms with E-state index < -0.39 is 0 Å². The largest absolute Gasteiger partial charge is 0.418 e. The lowest BCUT2D eigenvalue weighted by molar-refractivity contribution is 0.499. The van der Waals surface area contributed by atoms with Gasteiger partial charge in [0, 0.05) is 5.38 Å². The van der Waals surface area contributed by atoms with E-state index in [-0.39, 0.29) is 4.83 Å². The fourth-order valence-electron chi connectivity index (χ4n) is 1.10. The van der Waals surface area contributed by atoms with E-state index in [0.29, 0.717) is 11.8 Å². The lowest BCUT2D eigenvalue weighted by Crippen LogP contribution is -1.86. The van der Waals surface area contributed by atoms with Crippen LogP contribution in [0.15, 0.2) is 9.80 Å². The number of nitrogens with zero attached hydrogens (tertiary/aromatic N) is 3. The zero-order valence-electron chi connectivity index (χ0n) is 8.40. The Morgan fingerprint density at radius 1 is 1.53 bits per heavy atom. The molecule has 0 aliphatic heterocycles. The Hall–Kier alpha value is -0.750. The molecule has 0 bridgehead atoms. The minimum absolute atomic E-state index is 0.124. The van der Waals surface area contributed by atoms with Gasteiger partial charge in [-0.25, -0.2) is 4.98 Å². The lowest BCUT2D eigenvalue weighted by atomic mass is 10.3. The van der Waals surface area contributed by atoms with Gasteiger partial charge in [0.2, 0.25) is 5.89 Å². The Balaban J connectivity index is 2.27. The molecule has 2 aromatic rings. The fourth-order valence-corrected chi connectivity index (χ4v) is 1.87. The maximum atomic E-state index is 5.51. The molecule has 0 aliphatic carbocycles. The van der Waals surface area contributed by atoms with Crippen LogP contribution in [0.2, 0.25) is 0 Å². The minimum Gasteiger partial charge on any atom is -0.418 e. The monoisotopic (exact) mass is 287 g/mol. The first-order valence-electron chi connectivity index (χ1n) is 4.60. The number of aromatic nitrogens is 3. The second kappa shape index (κ2) is 4.40. The first kappa shape index (κ1) is 10.8. The van der Waals surface area contributed by atoms with Crippen molar-refractivity contribution in [3.63, 3.8) is 0 Å². The molecule has 6 heteroatoms. The Morgan fingerprint density at radius 2 is 2.33 bits per heavy atom. The summed E-state index contributed by atoms with van der Waals surface area (Å²) in [5.41, 5.74) is 0.757. The van der Waals surface area contributed by atoms with E-state index in [1.807, 2.05) is 12.3 Å². The van der Waals surface area contributed by atoms with Crippen molar-refractivity contribution in [2.75, 3.05) is 0 Å². The molecule has 0 fully saturated rings. The molecule has 0 N–H and O–H groups in total. The Kier molecular flexibility index (Phi) is 3.16. The number of hydrogen-bond acceptors (Lipinski definition) is 5. The lowest BCUT2D eigenvalue weighted by Gasteiger charge is -1.97. The summed E-state index contributed by atoms with van der Waals surface area (Å²) in [6.45, 7) is 4.00. The molecular weight excluding hydrogens is 278 g/mol. The molecule has 0 radical (unpaired) electrons. The summed E-state index contributed by atoms with van der Waals surface area (Å²) >= 11 is 5.03. The second-order valence-corrected chi connectivity index (χ2v) is 5.24. The zero-order valence-corrected chi connectivity index (χ0v) is 10.8. The van der Waals surface area contributed by atoms with Gasteiger partial charge in [-0.05, 0) is 13.3 Å². The Labute approximate surface area is 99.9 Å². The molecule has 0 amide bonds. The first-order chi connectivity index (χ1) is 7.20. The van der Waals surface area contributed by atoms with Crippen LogP contribution in [-0.4, -0.2) is 15.2 Å². The van der Waals surface area contributed by atoms with Crippen molar-refractivity contribution >= 4 is 27.3 Å². The molecule has 0 saturated heterocycles. The smallest absolute Gasteiger partial charge is 0.267 e. The molecule has 2 heterocycles. The van der Waals surface area contributed by atoms with Crippen molar-refractivity contribution < 1.29 is 4.42 Å². The number of hydrogen-bond donors (Lipinski definition) is 0. The predicted molar refractivity (Wildman–Crippen MR) is 62.1 cm³/mol. The third-order valence-electron chi connectivity index (χ3n) is 1.91. The summed E-state index contributed by atoms with van der Waals surface area (Å²) in [6.07, 6.45) is 0.914. The summed E-state index contributed by atoms with van der Waals surface area (Å²) in [5, 5.41) is 10.9. The van der Waals surface area contributed by atoms with E-state index in [1.54, 1.807) is 11.3 Å². The third-order valence-corrected chi connectivity index (χ3v) is 3.72. The summed E-state index contributed by atoms with van der Waals surface area (Å²) in [7, 11) is 0. The van der Waals surface area contributed by atoms with E-state index in [9.17, 15) is 0 Å². The van der Waals surface area contributed by atoms with Gasteiger partial charge in [0.15, 0.2) is 0 Å². The van der Waals surface area contributed by atoms with Gasteiger partial charge in [0.05, 0.1) is 9.83 Å². The van der Waals surface area contributed by atoms with Crippen LogP contribution in [0.1, 0.15) is 29.1 Å². The van der Waals surface area contributed by atoms with Gasteiger partial charge in [-0.15, -0.1) is 21.5 Å². The highest BCUT2D eigenvalue weighted by Crippen LogP contribution is 2.27. The van der Waals surface area contributed by atoms with Gasteiger partial charge < -0.3 is 4.42 Å². The number of halogens is 1. The van der Waals surface area contributed by atoms with Crippen molar-refractivity contribution in [3.8, 4) is 11.6 Å². The molecule has 1 unspecified atom stereocenters. The Morgan fingerprint density at radius 3 is 2.93 bits per heavy atom. The number of thiazole rings is 1. The van der Waals surface area contributed by atoms with Gasteiger partial charge in [0.25, 0.3) is 5.89 Å². The second-order valence-electron chi connectivity index (χ2n) is 3.07. The van der Waals surface area contributed by atoms with Crippen molar-refractivity contribution in [1.82, 2.24) is 15.2 Å². The van der Waals surface area contributed by atoms with Crippen LogP contribution in [0.3, 0.4) is 0 Å². The van der Waals surface area contributed by atoms with Crippen molar-refractivity contribution in [2.24, 2.45) is 0 Å². The molecule has 2 aromatic heterocycles. The van der Waals surface area contributed by atoms with Crippen molar-refractivity contribution in [3.05, 3.63) is 16.3 Å². The summed E-state index contributed by atoms with van der Waals surface area (Å²) in [4.78, 5) is 4.41. The van der Waals surface area contributed by atoms with Gasteiger partial charge in [-0.1, -0.05) is 22.9 Å². The molecule has 0 saturated carbocycles. The maximum absolute atomic E-state index is 5.51. The molecule has 1 atom stereocenters. The van der Waals surface area contributed by atoms with Crippen molar-refractivity contribution in [2.45, 2.75) is 25.1 Å². The van der Waals surface area contributed by atoms with Crippen LogP contribution in [0, 0.1) is 6.92 Å². The molecule has 0 aliphatic rings. The quantitative estimate of drug-likeness (QED) is 0.813. The van der Waals surface area contributed by atoms with Crippen LogP contribution in [0.5, 0.6) is 0 Å². The third kappa shape index (κ3) is 2.26. The van der Waals surface area contributed by atoms with E-state index in [1.165, 1.54) is 0 Å². The van der Waals surface area contributed by atoms with Crippen molar-refractivity contribution in [1.29, 1.82) is 0 Å². The number of aryl methyl sites for hydroxylation is 1. The Bertz CT molecular complexity index is 454. The van der Waals surface area contributed by atoms with E-state index in [4.69, 9.17) is 4.42 Å². The highest BCUT2D eigenvalue weighted by Gasteiger charge is 2.15. The van der Waals surface area contributed by atoms with Gasteiger partial charge in [-0.2, -0.15) is 0 Å². The van der Waals surface area contributed by atoms with Gasteiger partial charge >= 0.3 is 0 Å². The molecule has 80 valence electrons. The van der Waals surface area contributed by atoms with E-state index in [0.717, 1.165) is 17.1 Å². The number of rotatable bonds is 3. The molecule has 0 aromatic carbocycles. The predicted octanol–water partition coefficient (Wildman–Crippen LogP) is 3.35. The molecule has 4 nitrogen and oxygen atoms in total. The van der Waals surface area contributed by atoms with Gasteiger partial charge in [-0.3, -0.25) is 0 Å². The fraction of sp³-hybridized carbons (Fsp3) is 0.444. The summed E-state index contributed by atoms with van der Waals surface area (Å²) in [6, 6.07) is 0. The van der Waals surface area contributed by atoms with Crippen LogP contribution in [-0.2, 0) is 0 Å². The van der Waals surface area contributed by atoms with E-state index >= 15 is 0 Å². The summed E-state index contributed by atoms with van der Waals surface area (Å²) < 4.78 is 5.51. The SMILES string of the molecule is CCC(Br)c1nnc(-c2csc(C)n2)o1. The normalized spacial score (nSPS) is 13.0. The van der Waals surface area contributed by atoms with Crippen LogP contribution < -0.4 is 0 Å². The topological polar surface area (TPSA) is 51.8 Å². The average Bonchev–Trinajstić information content (AvgIpc) is 2.84. The van der Waals surface area contributed by atoms with E-state index in [2.05, 4.69) is 38.0 Å². The highest BCUT2D eigenvalue weighted by atomic mass is 79.9. The molecule has 0 spiro atoms. The molecule has 15 heavy (non-hydrogen) atoms. The summed E-state index contributed by atoms with van der Waals surface area (Å²) in [5.74, 6) is 1.10. The number of alkyl halides is 1. The highest BCUT2D eigenvalue weighted by molar-refractivity contribution is 9.09. The van der Waals surface area contributed by atoms with Crippen LogP contribution >= 0.6 is 27.3 Å². The maximum Gasteiger partial charge on any atom is 0.267 e. The van der Waals surface area contributed by atoms with Crippen LogP contribution in [0.25, 0.3) is 11.6 Å². The minimum atomic E-state index is 0.124. The van der Waals surface area contributed by atoms with Crippen LogP contribution in [0.4, 0.5) is 0 Å². The van der Waals surface area contributed by atoms with Gasteiger partial charge in [0.1, 0.15) is 5.69 Å². The standard InChI is InChI=1S/C9H10BrN3OS/c1-3-6(10)8-12-13-9(14-8)7-4-15-5(2)11-7/h4,6H,3H2,1-2H3. The first-order valence-corrected chi connectivity index (χ1v) is 6.40. The average molecular weight is 288 g/mol. The zero-order chi connectivity index (χ0) is 10.8. The molecular formula is C9H10BrN3OS.